The number of esters is 2. The van der Waals surface area contributed by atoms with Gasteiger partial charge in [-0.1, -0.05) is 25.3 Å². The first kappa shape index (κ1) is 18.6. The number of fused-ring (bicyclic) bond motifs is 1. The number of ether oxygens (including phenoxy) is 3. The number of rotatable bonds is 3. The maximum atomic E-state index is 12.9. The highest BCUT2D eigenvalue weighted by atomic mass is 16.7. The number of methoxy groups -OCH3 is 1. The summed E-state index contributed by atoms with van der Waals surface area (Å²) in [5.74, 6) is -1.71. The minimum atomic E-state index is -1.26. The minimum Gasteiger partial charge on any atom is -0.496 e. The lowest BCUT2D eigenvalue weighted by Crippen LogP contribution is -2.42. The molecule has 0 amide bonds. The van der Waals surface area contributed by atoms with Crippen LogP contribution in [0.25, 0.3) is 16.5 Å². The highest BCUT2D eigenvalue weighted by molar-refractivity contribution is 6.22. The molecular weight excluding hydrogens is 358 g/mol. The molecule has 0 bridgehead atoms. The molecule has 1 N–H and O–H groups in total. The van der Waals surface area contributed by atoms with Crippen LogP contribution in [0.5, 0.6) is 5.75 Å². The number of hydrogen-bond acceptors (Lipinski definition) is 5. The van der Waals surface area contributed by atoms with Gasteiger partial charge in [-0.15, -0.1) is 0 Å². The highest BCUT2D eigenvalue weighted by Crippen LogP contribution is 2.43. The zero-order chi connectivity index (χ0) is 19.9. The summed E-state index contributed by atoms with van der Waals surface area (Å²) in [7, 11) is 1.62. The molecule has 0 unspecified atom stereocenters. The molecule has 2 aliphatic rings. The molecule has 4 rings (SSSR count). The first-order valence-corrected chi connectivity index (χ1v) is 9.76. The monoisotopic (exact) mass is 383 g/mol. The third-order valence-electron chi connectivity index (χ3n) is 5.55. The SMILES string of the molecule is COc1cccc2[nH]cc(C(=C3C(=O)OC(C)(C)OC3=O)C3CCCCC3)c12. The van der Waals surface area contributed by atoms with Gasteiger partial charge in [-0.3, -0.25) is 0 Å². The maximum absolute atomic E-state index is 12.9. The molecule has 1 aliphatic heterocycles. The zero-order valence-corrected chi connectivity index (χ0v) is 16.5. The standard InChI is InChI=1S/C22H25NO5/c1-22(2)27-20(24)19(21(25)28-22)17(13-8-5-4-6-9-13)14-12-23-15-10-7-11-16(26-3)18(14)15/h7,10-13,23H,4-6,8-9H2,1-3H3. The van der Waals surface area contributed by atoms with Crippen LogP contribution >= 0.6 is 0 Å². The number of nitrogens with one attached hydrogen (secondary N) is 1. The Kier molecular flexibility index (Phi) is 4.65. The van der Waals surface area contributed by atoms with Crippen LogP contribution in [0.3, 0.4) is 0 Å². The number of cyclic esters (lactones) is 2. The van der Waals surface area contributed by atoms with Crippen LogP contribution < -0.4 is 4.74 Å². The summed E-state index contributed by atoms with van der Waals surface area (Å²) >= 11 is 0. The van der Waals surface area contributed by atoms with Crippen molar-refractivity contribution in [2.75, 3.05) is 7.11 Å². The summed E-state index contributed by atoms with van der Waals surface area (Å²) < 4.78 is 16.4. The molecule has 1 saturated heterocycles. The molecule has 6 nitrogen and oxygen atoms in total. The van der Waals surface area contributed by atoms with Crippen LogP contribution in [0, 0.1) is 5.92 Å². The predicted molar refractivity (Wildman–Crippen MR) is 105 cm³/mol. The molecule has 0 radical (unpaired) electrons. The topological polar surface area (TPSA) is 77.6 Å². The number of aromatic amines is 1. The van der Waals surface area contributed by atoms with Crippen molar-refractivity contribution < 1.29 is 23.8 Å². The summed E-state index contributed by atoms with van der Waals surface area (Å²) in [6.07, 6.45) is 6.99. The third kappa shape index (κ3) is 3.17. The summed E-state index contributed by atoms with van der Waals surface area (Å²) in [6.45, 7) is 3.13. The lowest BCUT2D eigenvalue weighted by atomic mass is 9.78. The number of allylic oxidation sites excluding steroid dienone is 1. The van der Waals surface area contributed by atoms with E-state index in [1.807, 2.05) is 24.4 Å². The van der Waals surface area contributed by atoms with Gasteiger partial charge in [-0.25, -0.2) is 9.59 Å². The minimum absolute atomic E-state index is 0.0121. The highest BCUT2D eigenvalue weighted by Gasteiger charge is 2.42. The number of aromatic nitrogens is 1. The van der Waals surface area contributed by atoms with E-state index < -0.39 is 17.7 Å². The van der Waals surface area contributed by atoms with Gasteiger partial charge >= 0.3 is 11.9 Å². The fraction of sp³-hybridized carbons (Fsp3) is 0.455. The Balaban J connectivity index is 1.96. The van der Waals surface area contributed by atoms with Crippen LogP contribution in [0.2, 0.25) is 0 Å². The largest absolute Gasteiger partial charge is 0.496 e. The number of H-pyrrole nitrogens is 1. The molecule has 148 valence electrons. The Hall–Kier alpha value is -2.76. The molecular formula is C22H25NO5. The zero-order valence-electron chi connectivity index (χ0n) is 16.5. The van der Waals surface area contributed by atoms with E-state index in [9.17, 15) is 9.59 Å². The quantitative estimate of drug-likeness (QED) is 0.484. The number of hydrogen-bond donors (Lipinski definition) is 1. The summed E-state index contributed by atoms with van der Waals surface area (Å²) in [5, 5.41) is 0.864. The van der Waals surface area contributed by atoms with E-state index in [-0.39, 0.29) is 11.5 Å². The van der Waals surface area contributed by atoms with Crippen LogP contribution in [0.15, 0.2) is 30.0 Å². The van der Waals surface area contributed by atoms with Crippen molar-refractivity contribution in [3.05, 3.63) is 35.5 Å². The van der Waals surface area contributed by atoms with E-state index in [2.05, 4.69) is 4.98 Å². The van der Waals surface area contributed by atoms with E-state index in [0.29, 0.717) is 11.3 Å². The van der Waals surface area contributed by atoms with Crippen molar-refractivity contribution in [1.29, 1.82) is 0 Å². The molecule has 1 aliphatic carbocycles. The fourth-order valence-corrected chi connectivity index (χ4v) is 4.36. The Morgan fingerprint density at radius 3 is 2.43 bits per heavy atom. The van der Waals surface area contributed by atoms with Gasteiger partial charge in [-0.2, -0.15) is 0 Å². The van der Waals surface area contributed by atoms with Crippen LogP contribution in [0.4, 0.5) is 0 Å². The molecule has 0 spiro atoms. The lowest BCUT2D eigenvalue weighted by Gasteiger charge is -2.33. The summed E-state index contributed by atoms with van der Waals surface area (Å²) in [5.41, 5.74) is 2.42. The number of carbonyl (C=O) groups is 2. The summed E-state index contributed by atoms with van der Waals surface area (Å²) in [6, 6.07) is 5.73. The summed E-state index contributed by atoms with van der Waals surface area (Å²) in [4.78, 5) is 29.0. The maximum Gasteiger partial charge on any atom is 0.349 e. The molecule has 0 atom stereocenters. The average molecular weight is 383 g/mol. The van der Waals surface area contributed by atoms with Gasteiger partial charge in [0.25, 0.3) is 5.79 Å². The van der Waals surface area contributed by atoms with Gasteiger partial charge in [0.05, 0.1) is 7.11 Å². The molecule has 2 heterocycles. The smallest absolute Gasteiger partial charge is 0.349 e. The van der Waals surface area contributed by atoms with Crippen molar-refractivity contribution in [2.45, 2.75) is 51.7 Å². The Morgan fingerprint density at radius 1 is 1.11 bits per heavy atom. The second-order valence-corrected chi connectivity index (χ2v) is 7.89. The van der Waals surface area contributed by atoms with Crippen molar-refractivity contribution in [1.82, 2.24) is 4.98 Å². The number of carbonyl (C=O) groups excluding carboxylic acids is 2. The van der Waals surface area contributed by atoms with E-state index in [4.69, 9.17) is 14.2 Å². The molecule has 2 fully saturated rings. The lowest BCUT2D eigenvalue weighted by molar-refractivity contribution is -0.222. The Labute approximate surface area is 163 Å². The fourth-order valence-electron chi connectivity index (χ4n) is 4.36. The van der Waals surface area contributed by atoms with Gasteiger partial charge in [-0.05, 0) is 36.5 Å². The molecule has 28 heavy (non-hydrogen) atoms. The van der Waals surface area contributed by atoms with E-state index in [0.717, 1.165) is 48.6 Å². The molecule has 1 aromatic heterocycles. The van der Waals surface area contributed by atoms with Crippen LogP contribution in [-0.4, -0.2) is 29.8 Å². The van der Waals surface area contributed by atoms with E-state index in [1.54, 1.807) is 21.0 Å². The third-order valence-corrected chi connectivity index (χ3v) is 5.55. The average Bonchev–Trinajstić information content (AvgIpc) is 3.08. The number of benzene rings is 1. The molecule has 2 aromatic rings. The van der Waals surface area contributed by atoms with Crippen molar-refractivity contribution in [2.24, 2.45) is 5.92 Å². The Morgan fingerprint density at radius 2 is 1.79 bits per heavy atom. The molecule has 1 aromatic carbocycles. The second kappa shape index (κ2) is 7.00. The van der Waals surface area contributed by atoms with Crippen molar-refractivity contribution >= 4 is 28.4 Å². The van der Waals surface area contributed by atoms with Gasteiger partial charge in [0, 0.05) is 36.5 Å². The first-order chi connectivity index (χ1) is 13.4. The van der Waals surface area contributed by atoms with Gasteiger partial charge in [0.15, 0.2) is 0 Å². The van der Waals surface area contributed by atoms with Crippen LogP contribution in [-0.2, 0) is 19.1 Å². The van der Waals surface area contributed by atoms with Crippen molar-refractivity contribution in [3.63, 3.8) is 0 Å². The predicted octanol–water partition coefficient (Wildman–Crippen LogP) is 4.35. The molecule has 1 saturated carbocycles. The van der Waals surface area contributed by atoms with Gasteiger partial charge in [0.1, 0.15) is 11.3 Å². The van der Waals surface area contributed by atoms with E-state index in [1.165, 1.54) is 0 Å². The van der Waals surface area contributed by atoms with E-state index >= 15 is 0 Å². The molecule has 6 heteroatoms. The van der Waals surface area contributed by atoms with Gasteiger partial charge < -0.3 is 19.2 Å². The second-order valence-electron chi connectivity index (χ2n) is 7.89. The first-order valence-electron chi connectivity index (χ1n) is 9.76. The normalized spacial score (nSPS) is 20.0. The van der Waals surface area contributed by atoms with Gasteiger partial charge in [0.2, 0.25) is 0 Å². The Bertz CT molecular complexity index is 940. The van der Waals surface area contributed by atoms with Crippen LogP contribution in [0.1, 0.15) is 51.5 Å². The van der Waals surface area contributed by atoms with Crippen molar-refractivity contribution in [3.8, 4) is 5.75 Å².